The summed E-state index contributed by atoms with van der Waals surface area (Å²) in [5.41, 5.74) is -1.64. The second kappa shape index (κ2) is 13.2. The summed E-state index contributed by atoms with van der Waals surface area (Å²) in [6.07, 6.45) is -6.92. The number of carbonyl (C=O) groups is 2. The molecule has 1 aliphatic carbocycles. The largest absolute Gasteiger partial charge is 0.493 e. The molecule has 2 aromatic carbocycles. The van der Waals surface area contributed by atoms with Crippen molar-refractivity contribution < 1.29 is 55.4 Å². The van der Waals surface area contributed by atoms with Gasteiger partial charge in [-0.25, -0.2) is 9.59 Å². The van der Waals surface area contributed by atoms with Crippen molar-refractivity contribution in [1.82, 2.24) is 10.2 Å². The van der Waals surface area contributed by atoms with Crippen molar-refractivity contribution >= 4 is 23.4 Å². The molecule has 0 aromatic heterocycles. The van der Waals surface area contributed by atoms with Gasteiger partial charge in [-0.05, 0) is 69.1 Å². The average molecular weight is 637 g/mol. The highest BCUT2D eigenvalue weighted by Crippen LogP contribution is 2.50. The summed E-state index contributed by atoms with van der Waals surface area (Å²) in [6, 6.07) is 7.65. The number of likely N-dealkylation sites (N-methyl/N-ethyl adjacent to an activating group) is 1. The Morgan fingerprint density at radius 3 is 2.23 bits per heavy atom. The Bertz CT molecular complexity index is 1390. The number of hydrogen-bond acceptors (Lipinski definition) is 7. The van der Waals surface area contributed by atoms with Gasteiger partial charge in [0.2, 0.25) is 0 Å². The highest BCUT2D eigenvalue weighted by Gasteiger charge is 2.50. The molecule has 0 bridgehead atoms. The molecule has 17 heteroatoms. The molecule has 2 amide bonds. The zero-order chi connectivity index (χ0) is 33.0. The zero-order valence-corrected chi connectivity index (χ0v) is 23.7. The van der Waals surface area contributed by atoms with Crippen LogP contribution < -0.4 is 20.1 Å². The predicted molar refractivity (Wildman–Crippen MR) is 144 cm³/mol. The first-order valence-corrected chi connectivity index (χ1v) is 13.1. The van der Waals surface area contributed by atoms with E-state index >= 15 is 0 Å². The van der Waals surface area contributed by atoms with E-state index in [4.69, 9.17) is 19.4 Å². The van der Waals surface area contributed by atoms with Crippen LogP contribution in [0.5, 0.6) is 11.5 Å². The van der Waals surface area contributed by atoms with Crippen molar-refractivity contribution in [3.05, 3.63) is 57.6 Å². The molecule has 4 rings (SSSR count). The van der Waals surface area contributed by atoms with E-state index in [1.54, 1.807) is 14.2 Å². The van der Waals surface area contributed by atoms with E-state index in [9.17, 15) is 41.3 Å². The van der Waals surface area contributed by atoms with Gasteiger partial charge in [0.25, 0.3) is 5.69 Å². The normalized spacial score (nSPS) is 21.8. The van der Waals surface area contributed by atoms with Crippen LogP contribution in [0.4, 0.5) is 42.5 Å². The number of nitro groups is 1. The molecule has 3 N–H and O–H groups in total. The monoisotopic (exact) mass is 636 g/mol. The van der Waals surface area contributed by atoms with Gasteiger partial charge in [0.15, 0.2) is 11.5 Å². The number of aliphatic carboxylic acids is 1. The molecular weight excluding hydrogens is 606 g/mol. The number of rotatable bonds is 6. The Hall–Kier alpha value is -4.28. The molecule has 1 heterocycles. The molecule has 242 valence electrons. The third-order valence-electron chi connectivity index (χ3n) is 7.82. The van der Waals surface area contributed by atoms with Crippen LogP contribution in [0.3, 0.4) is 0 Å². The molecule has 3 atom stereocenters. The number of nitro benzene ring substituents is 1. The van der Waals surface area contributed by atoms with Crippen molar-refractivity contribution in [2.24, 2.45) is 0 Å². The molecule has 0 unspecified atom stereocenters. The minimum atomic E-state index is -5.08. The standard InChI is InChI=1S/C25H29F3N4O5.C2HF3O2/c1-31-11-10-24(15-4-7-20(36-2)21(12-15)37-3)9-8-17(14-22(24)31)30-23(33)29-16-5-6-19(32(34)35)18(13-16)25(26,27)28;3-2(4,5)1(6)7/h4-7,12-13,17,22H,8-11,14H2,1-3H3,(H2,29,30,33);(H,6,7)/t17-,22+,24+;/m1./s1. The number of likely N-dealkylation sites (tertiary alicyclic amines) is 1. The average Bonchev–Trinajstić information content (AvgIpc) is 3.28. The number of halogens is 6. The molecule has 1 aliphatic heterocycles. The van der Waals surface area contributed by atoms with Crippen LogP contribution in [0.2, 0.25) is 0 Å². The Morgan fingerprint density at radius 2 is 1.68 bits per heavy atom. The maximum absolute atomic E-state index is 13.3. The smallest absolute Gasteiger partial charge is 0.490 e. The molecular formula is C27H30F6N4O7. The summed E-state index contributed by atoms with van der Waals surface area (Å²) in [5.74, 6) is -1.45. The molecule has 1 saturated carbocycles. The van der Waals surface area contributed by atoms with Crippen LogP contribution in [-0.4, -0.2) is 73.0 Å². The quantitative estimate of drug-likeness (QED) is 0.212. The number of ether oxygens (including phenoxy) is 2. The number of anilines is 1. The minimum Gasteiger partial charge on any atom is -0.493 e. The fourth-order valence-corrected chi connectivity index (χ4v) is 5.75. The van der Waals surface area contributed by atoms with Crippen LogP contribution in [0.25, 0.3) is 0 Å². The van der Waals surface area contributed by atoms with Crippen molar-refractivity contribution in [3.63, 3.8) is 0 Å². The molecule has 44 heavy (non-hydrogen) atoms. The summed E-state index contributed by atoms with van der Waals surface area (Å²) in [4.78, 5) is 33.7. The number of hydrogen-bond donors (Lipinski definition) is 3. The van der Waals surface area contributed by atoms with Gasteiger partial charge in [0.1, 0.15) is 5.56 Å². The van der Waals surface area contributed by atoms with E-state index in [1.807, 2.05) is 19.2 Å². The topological polar surface area (TPSA) is 143 Å². The van der Waals surface area contributed by atoms with Crippen LogP contribution in [0, 0.1) is 10.1 Å². The number of benzene rings is 2. The number of methoxy groups -OCH3 is 2. The molecule has 2 fully saturated rings. The van der Waals surface area contributed by atoms with Crippen LogP contribution >= 0.6 is 0 Å². The summed E-state index contributed by atoms with van der Waals surface area (Å²) >= 11 is 0. The van der Waals surface area contributed by atoms with Crippen molar-refractivity contribution in [3.8, 4) is 11.5 Å². The van der Waals surface area contributed by atoms with Gasteiger partial charge >= 0.3 is 24.4 Å². The Morgan fingerprint density at radius 1 is 1.05 bits per heavy atom. The van der Waals surface area contributed by atoms with Crippen LogP contribution in [-0.2, 0) is 16.4 Å². The third kappa shape index (κ3) is 7.62. The van der Waals surface area contributed by atoms with E-state index in [-0.39, 0.29) is 23.2 Å². The van der Waals surface area contributed by atoms with E-state index in [1.165, 1.54) is 0 Å². The molecule has 1 saturated heterocycles. The lowest BCUT2D eigenvalue weighted by Gasteiger charge is -2.45. The first kappa shape index (κ1) is 34.2. The van der Waals surface area contributed by atoms with Crippen LogP contribution in [0.15, 0.2) is 36.4 Å². The number of nitrogens with one attached hydrogen (secondary N) is 2. The van der Waals surface area contributed by atoms with Gasteiger partial charge in [-0.15, -0.1) is 0 Å². The van der Waals surface area contributed by atoms with Gasteiger partial charge < -0.3 is 30.1 Å². The van der Waals surface area contributed by atoms with Crippen molar-refractivity contribution in [1.29, 1.82) is 0 Å². The number of urea groups is 1. The molecule has 11 nitrogen and oxygen atoms in total. The lowest BCUT2D eigenvalue weighted by molar-refractivity contribution is -0.388. The lowest BCUT2D eigenvalue weighted by atomic mass is 9.65. The number of carbonyl (C=O) groups excluding carboxylic acids is 1. The maximum Gasteiger partial charge on any atom is 0.490 e. The Balaban J connectivity index is 0.000000676. The minimum absolute atomic E-state index is 0.122. The van der Waals surface area contributed by atoms with E-state index in [0.717, 1.165) is 37.1 Å². The van der Waals surface area contributed by atoms with E-state index in [2.05, 4.69) is 21.6 Å². The first-order chi connectivity index (χ1) is 20.4. The maximum atomic E-state index is 13.3. The van der Waals surface area contributed by atoms with Gasteiger partial charge in [0, 0.05) is 29.3 Å². The summed E-state index contributed by atoms with van der Waals surface area (Å²) < 4.78 is 82.4. The van der Waals surface area contributed by atoms with E-state index in [0.29, 0.717) is 30.4 Å². The number of carboxylic acid groups (broad SMARTS) is 1. The highest BCUT2D eigenvalue weighted by atomic mass is 19.4. The van der Waals surface area contributed by atoms with Gasteiger partial charge in [0.05, 0.1) is 19.1 Å². The highest BCUT2D eigenvalue weighted by molar-refractivity contribution is 5.89. The summed E-state index contributed by atoms with van der Waals surface area (Å²) in [5, 5.41) is 23.4. The van der Waals surface area contributed by atoms with Crippen molar-refractivity contribution in [2.45, 2.75) is 55.5 Å². The number of alkyl halides is 6. The fraction of sp³-hybridized carbons (Fsp3) is 0.481. The Kier molecular flexibility index (Phi) is 10.2. The number of amides is 2. The Labute approximate surface area is 247 Å². The SMILES string of the molecule is COc1ccc([C@@]23CC[C@@H](NC(=O)Nc4ccc([N+](=O)[O-])c(C(F)(F)F)c4)C[C@@H]2N(C)CC3)cc1OC.O=C(O)C(F)(F)F. The molecule has 0 spiro atoms. The van der Waals surface area contributed by atoms with Gasteiger partial charge in [-0.3, -0.25) is 10.1 Å². The van der Waals surface area contributed by atoms with E-state index < -0.39 is 40.5 Å². The van der Waals surface area contributed by atoms with Gasteiger partial charge in [-0.1, -0.05) is 6.07 Å². The van der Waals surface area contributed by atoms with Crippen LogP contribution in [0.1, 0.15) is 36.8 Å². The molecule has 0 radical (unpaired) electrons. The van der Waals surface area contributed by atoms with Crippen molar-refractivity contribution in [2.75, 3.05) is 33.1 Å². The fourth-order valence-electron chi connectivity index (χ4n) is 5.75. The third-order valence-corrected chi connectivity index (χ3v) is 7.82. The lowest BCUT2D eigenvalue weighted by Crippen LogP contribution is -2.52. The number of nitrogens with zero attached hydrogens (tertiary/aromatic N) is 2. The summed E-state index contributed by atoms with van der Waals surface area (Å²) in [6.45, 7) is 0.890. The molecule has 2 aromatic rings. The number of fused-ring (bicyclic) bond motifs is 1. The second-order valence-corrected chi connectivity index (χ2v) is 10.3. The number of carboxylic acids is 1. The first-order valence-electron chi connectivity index (χ1n) is 13.1. The molecule has 2 aliphatic rings. The van der Waals surface area contributed by atoms with Gasteiger partial charge in [-0.2, -0.15) is 26.3 Å². The second-order valence-electron chi connectivity index (χ2n) is 10.3. The predicted octanol–water partition coefficient (Wildman–Crippen LogP) is 5.58. The zero-order valence-electron chi connectivity index (χ0n) is 23.7. The summed E-state index contributed by atoms with van der Waals surface area (Å²) in [7, 11) is 5.23.